The van der Waals surface area contributed by atoms with Crippen molar-refractivity contribution in [3.8, 4) is 0 Å². The van der Waals surface area contributed by atoms with E-state index in [1.807, 2.05) is 12.1 Å². The first-order valence-electron chi connectivity index (χ1n) is 8.71. The summed E-state index contributed by atoms with van der Waals surface area (Å²) in [6.07, 6.45) is 12.8. The fraction of sp³-hybridized carbons (Fsp3) is 0.600. The molecule has 2 aliphatic carbocycles. The van der Waals surface area contributed by atoms with E-state index in [2.05, 4.69) is 13.0 Å². The molecule has 0 bridgehead atoms. The average molecular weight is 286 g/mol. The molecule has 0 aliphatic heterocycles. The third-order valence-electron chi connectivity index (χ3n) is 5.81. The van der Waals surface area contributed by atoms with E-state index in [1.54, 1.807) is 12.1 Å². The van der Waals surface area contributed by atoms with Crippen LogP contribution in [0.25, 0.3) is 5.57 Å². The molecule has 0 N–H and O–H groups in total. The Labute approximate surface area is 128 Å². The second-order valence-corrected chi connectivity index (χ2v) is 6.93. The van der Waals surface area contributed by atoms with E-state index in [9.17, 15) is 4.39 Å². The first kappa shape index (κ1) is 14.8. The van der Waals surface area contributed by atoms with Crippen molar-refractivity contribution in [2.24, 2.45) is 17.8 Å². The van der Waals surface area contributed by atoms with Gasteiger partial charge in [0.2, 0.25) is 0 Å². The molecule has 1 aromatic rings. The Balaban J connectivity index is 1.61. The zero-order chi connectivity index (χ0) is 14.7. The maximum absolute atomic E-state index is 13.9. The van der Waals surface area contributed by atoms with Crippen molar-refractivity contribution >= 4 is 5.57 Å². The minimum Gasteiger partial charge on any atom is -0.206 e. The van der Waals surface area contributed by atoms with Crippen LogP contribution in [0, 0.1) is 23.6 Å². The lowest BCUT2D eigenvalue weighted by Crippen LogP contribution is -2.23. The summed E-state index contributed by atoms with van der Waals surface area (Å²) in [5, 5.41) is 0. The van der Waals surface area contributed by atoms with E-state index in [-0.39, 0.29) is 5.82 Å². The third-order valence-corrected chi connectivity index (χ3v) is 5.81. The zero-order valence-corrected chi connectivity index (χ0v) is 13.2. The van der Waals surface area contributed by atoms with Gasteiger partial charge in [0.25, 0.3) is 0 Å². The molecule has 0 spiro atoms. The van der Waals surface area contributed by atoms with E-state index in [1.165, 1.54) is 44.1 Å². The fourth-order valence-corrected chi connectivity index (χ4v) is 4.32. The van der Waals surface area contributed by atoms with Crippen molar-refractivity contribution in [3.05, 3.63) is 41.7 Å². The Hall–Kier alpha value is -1.11. The SMILES string of the molecule is CC[C@H]1CC[C@H](C2CC=C(c3ccccc3F)CC2)CC1. The van der Waals surface area contributed by atoms with Crippen LogP contribution in [0.1, 0.15) is 63.9 Å². The summed E-state index contributed by atoms with van der Waals surface area (Å²) in [5.41, 5.74) is 2.05. The van der Waals surface area contributed by atoms with Gasteiger partial charge < -0.3 is 0 Å². The molecule has 2 aliphatic rings. The minimum absolute atomic E-state index is 0.0642. The zero-order valence-electron chi connectivity index (χ0n) is 13.2. The van der Waals surface area contributed by atoms with Crippen LogP contribution in [0.5, 0.6) is 0 Å². The molecule has 1 aromatic carbocycles. The summed E-state index contributed by atoms with van der Waals surface area (Å²) in [4.78, 5) is 0. The van der Waals surface area contributed by atoms with Gasteiger partial charge in [-0.15, -0.1) is 0 Å². The van der Waals surface area contributed by atoms with Crippen molar-refractivity contribution in [3.63, 3.8) is 0 Å². The lowest BCUT2D eigenvalue weighted by molar-refractivity contribution is 0.192. The van der Waals surface area contributed by atoms with E-state index >= 15 is 0 Å². The van der Waals surface area contributed by atoms with Gasteiger partial charge in [-0.25, -0.2) is 4.39 Å². The van der Waals surface area contributed by atoms with Gasteiger partial charge >= 0.3 is 0 Å². The van der Waals surface area contributed by atoms with Gasteiger partial charge in [-0.3, -0.25) is 0 Å². The van der Waals surface area contributed by atoms with E-state index in [0.717, 1.165) is 36.2 Å². The van der Waals surface area contributed by atoms with Gasteiger partial charge in [-0.1, -0.05) is 50.5 Å². The van der Waals surface area contributed by atoms with Gasteiger partial charge in [-0.05, 0) is 61.5 Å². The van der Waals surface area contributed by atoms with Crippen LogP contribution in [0.4, 0.5) is 4.39 Å². The molecule has 0 heterocycles. The molecule has 114 valence electrons. The molecule has 0 aromatic heterocycles. The predicted octanol–water partition coefficient (Wildman–Crippen LogP) is 6.23. The number of hydrogen-bond acceptors (Lipinski definition) is 0. The molecule has 0 saturated heterocycles. The number of hydrogen-bond donors (Lipinski definition) is 0. The Bertz CT molecular complexity index is 494. The number of halogens is 1. The number of rotatable bonds is 3. The van der Waals surface area contributed by atoms with Gasteiger partial charge in [0.1, 0.15) is 5.82 Å². The van der Waals surface area contributed by atoms with Crippen LogP contribution < -0.4 is 0 Å². The molecule has 0 radical (unpaired) electrons. The summed E-state index contributed by atoms with van der Waals surface area (Å²) in [6.45, 7) is 2.33. The van der Waals surface area contributed by atoms with Crippen LogP contribution >= 0.6 is 0 Å². The summed E-state index contributed by atoms with van der Waals surface area (Å²) in [6, 6.07) is 7.22. The van der Waals surface area contributed by atoms with Gasteiger partial charge in [-0.2, -0.15) is 0 Å². The summed E-state index contributed by atoms with van der Waals surface area (Å²) in [5.74, 6) is 2.68. The fourth-order valence-electron chi connectivity index (χ4n) is 4.32. The lowest BCUT2D eigenvalue weighted by atomic mass is 9.70. The smallest absolute Gasteiger partial charge is 0.130 e. The molecular weight excluding hydrogens is 259 g/mol. The molecule has 1 fully saturated rings. The number of benzene rings is 1. The highest BCUT2D eigenvalue weighted by molar-refractivity contribution is 5.66. The predicted molar refractivity (Wildman–Crippen MR) is 87.5 cm³/mol. The molecule has 1 heteroatoms. The van der Waals surface area contributed by atoms with Crippen molar-refractivity contribution in [2.45, 2.75) is 58.3 Å². The Morgan fingerprint density at radius 3 is 2.38 bits per heavy atom. The quantitative estimate of drug-likeness (QED) is 0.618. The van der Waals surface area contributed by atoms with E-state index in [0.29, 0.717) is 0 Å². The molecule has 21 heavy (non-hydrogen) atoms. The summed E-state index contributed by atoms with van der Waals surface area (Å²) in [7, 11) is 0. The highest BCUT2D eigenvalue weighted by Crippen LogP contribution is 2.41. The van der Waals surface area contributed by atoms with E-state index < -0.39 is 0 Å². The highest BCUT2D eigenvalue weighted by atomic mass is 19.1. The van der Waals surface area contributed by atoms with Crippen molar-refractivity contribution in [2.75, 3.05) is 0 Å². The van der Waals surface area contributed by atoms with E-state index in [4.69, 9.17) is 0 Å². The second kappa shape index (κ2) is 6.77. The topological polar surface area (TPSA) is 0 Å². The first-order chi connectivity index (χ1) is 10.3. The lowest BCUT2D eigenvalue weighted by Gasteiger charge is -2.35. The Morgan fingerprint density at radius 1 is 1.00 bits per heavy atom. The van der Waals surface area contributed by atoms with Crippen LogP contribution in [0.2, 0.25) is 0 Å². The first-order valence-corrected chi connectivity index (χ1v) is 8.71. The Kier molecular flexibility index (Phi) is 4.77. The van der Waals surface area contributed by atoms with Crippen molar-refractivity contribution in [1.82, 2.24) is 0 Å². The van der Waals surface area contributed by atoms with Gasteiger partial charge in [0.15, 0.2) is 0 Å². The largest absolute Gasteiger partial charge is 0.206 e. The standard InChI is InChI=1S/C20H27F/c1-2-15-7-9-16(10-8-15)17-11-13-18(14-12-17)19-5-3-4-6-20(19)21/h3-6,13,15-17H,2,7-12,14H2,1H3/t15-,16-,17?. The molecule has 0 nitrogen and oxygen atoms in total. The number of allylic oxidation sites excluding steroid dienone is 2. The minimum atomic E-state index is -0.0642. The summed E-state index contributed by atoms with van der Waals surface area (Å²) >= 11 is 0. The molecule has 3 rings (SSSR count). The highest BCUT2D eigenvalue weighted by Gasteiger charge is 2.28. The third kappa shape index (κ3) is 3.39. The Morgan fingerprint density at radius 2 is 1.76 bits per heavy atom. The molecule has 1 unspecified atom stereocenters. The van der Waals surface area contributed by atoms with Crippen molar-refractivity contribution < 1.29 is 4.39 Å². The normalized spacial score (nSPS) is 30.0. The average Bonchev–Trinajstić information content (AvgIpc) is 2.56. The van der Waals surface area contributed by atoms with Crippen LogP contribution in [-0.4, -0.2) is 0 Å². The summed E-state index contributed by atoms with van der Waals surface area (Å²) < 4.78 is 13.9. The molecule has 1 saturated carbocycles. The maximum atomic E-state index is 13.9. The molecular formula is C20H27F. The van der Waals surface area contributed by atoms with Crippen LogP contribution in [0.3, 0.4) is 0 Å². The second-order valence-electron chi connectivity index (χ2n) is 6.93. The maximum Gasteiger partial charge on any atom is 0.130 e. The van der Waals surface area contributed by atoms with Crippen LogP contribution in [0.15, 0.2) is 30.3 Å². The van der Waals surface area contributed by atoms with Crippen molar-refractivity contribution in [1.29, 1.82) is 0 Å². The van der Waals surface area contributed by atoms with Gasteiger partial charge in [0.05, 0.1) is 0 Å². The van der Waals surface area contributed by atoms with Gasteiger partial charge in [0, 0.05) is 5.56 Å². The molecule has 0 amide bonds. The molecule has 1 atom stereocenters. The van der Waals surface area contributed by atoms with Crippen LogP contribution in [-0.2, 0) is 0 Å². The monoisotopic (exact) mass is 286 g/mol.